The van der Waals surface area contributed by atoms with Crippen molar-refractivity contribution in [3.05, 3.63) is 34.1 Å². The highest BCUT2D eigenvalue weighted by atomic mass is 32.1. The standard InChI is InChI=1S/C25H29N7O2S/c1-31(2)16-6-7-32(12-16)25(33)14-4-5-17-20(9-14)35-24-21(17)22(27-13-28-24)29-18-8-15-10-26-11-19(15)30-23(18)34-3/h8,10,13-14,16H,4-7,9,11-12H2,1-3H3,(H,27,28,29)/t14-,16+/m0/s1. The van der Waals surface area contributed by atoms with E-state index in [0.29, 0.717) is 24.4 Å². The molecule has 0 saturated carbocycles. The van der Waals surface area contributed by atoms with Crippen molar-refractivity contribution in [3.63, 3.8) is 0 Å². The molecule has 3 aromatic heterocycles. The zero-order valence-corrected chi connectivity index (χ0v) is 21.1. The number of methoxy groups -OCH3 is 1. The molecule has 5 heterocycles. The summed E-state index contributed by atoms with van der Waals surface area (Å²) in [5, 5.41) is 4.50. The zero-order chi connectivity index (χ0) is 24.1. The van der Waals surface area contributed by atoms with Crippen LogP contribution in [0.3, 0.4) is 0 Å². The molecular weight excluding hydrogens is 462 g/mol. The Morgan fingerprint density at radius 1 is 1.29 bits per heavy atom. The Morgan fingerprint density at radius 2 is 2.17 bits per heavy atom. The number of rotatable bonds is 5. The number of hydrogen-bond acceptors (Lipinski definition) is 9. The highest BCUT2D eigenvalue weighted by molar-refractivity contribution is 7.19. The number of amides is 1. The number of likely N-dealkylation sites (N-methyl/N-ethyl adjacent to an activating group) is 1. The van der Waals surface area contributed by atoms with E-state index in [1.807, 2.05) is 12.3 Å². The van der Waals surface area contributed by atoms with E-state index in [2.05, 4.69) is 49.2 Å². The topological polar surface area (TPSA) is 95.8 Å². The molecule has 2 aliphatic heterocycles. The van der Waals surface area contributed by atoms with Gasteiger partial charge in [0.05, 0.1) is 24.7 Å². The third-order valence-electron chi connectivity index (χ3n) is 7.42. The highest BCUT2D eigenvalue weighted by Crippen LogP contribution is 2.41. The lowest BCUT2D eigenvalue weighted by Gasteiger charge is -2.27. The Balaban J connectivity index is 1.27. The molecule has 3 aliphatic rings. The minimum atomic E-state index is 0.0427. The molecule has 10 heteroatoms. The van der Waals surface area contributed by atoms with E-state index in [1.54, 1.807) is 24.8 Å². The van der Waals surface area contributed by atoms with Crippen LogP contribution in [0.4, 0.5) is 11.5 Å². The van der Waals surface area contributed by atoms with Crippen molar-refractivity contribution >= 4 is 45.2 Å². The first-order chi connectivity index (χ1) is 17.0. The number of aromatic nitrogens is 3. The van der Waals surface area contributed by atoms with Crippen LogP contribution < -0.4 is 10.1 Å². The Kier molecular flexibility index (Phi) is 5.64. The fraction of sp³-hybridized carbons (Fsp3) is 0.480. The number of aliphatic imine (C=N–C) groups is 1. The summed E-state index contributed by atoms with van der Waals surface area (Å²) < 4.78 is 5.55. The Hall–Kier alpha value is -3.11. The van der Waals surface area contributed by atoms with Crippen LogP contribution in [0.1, 0.15) is 34.5 Å². The number of nitrogens with zero attached hydrogens (tertiary/aromatic N) is 6. The molecule has 0 spiro atoms. The van der Waals surface area contributed by atoms with E-state index < -0.39 is 0 Å². The number of hydrogen-bond donors (Lipinski definition) is 1. The molecule has 3 aromatic rings. The average molecular weight is 492 g/mol. The molecule has 182 valence electrons. The van der Waals surface area contributed by atoms with Gasteiger partial charge in [0.15, 0.2) is 0 Å². The number of pyridine rings is 1. The summed E-state index contributed by atoms with van der Waals surface area (Å²) in [5.41, 5.74) is 3.93. The zero-order valence-electron chi connectivity index (χ0n) is 20.2. The molecule has 1 amide bonds. The monoisotopic (exact) mass is 491 g/mol. The number of carbonyl (C=O) groups is 1. The fourth-order valence-electron chi connectivity index (χ4n) is 5.43. The number of thiophene rings is 1. The van der Waals surface area contributed by atoms with Crippen molar-refractivity contribution < 1.29 is 9.53 Å². The molecule has 35 heavy (non-hydrogen) atoms. The lowest BCUT2D eigenvalue weighted by atomic mass is 9.87. The summed E-state index contributed by atoms with van der Waals surface area (Å²) in [6, 6.07) is 2.47. The summed E-state index contributed by atoms with van der Waals surface area (Å²) in [6.07, 6.45) is 6.97. The van der Waals surface area contributed by atoms with E-state index in [4.69, 9.17) is 4.74 Å². The predicted molar refractivity (Wildman–Crippen MR) is 137 cm³/mol. The van der Waals surface area contributed by atoms with Crippen LogP contribution in [0.5, 0.6) is 5.88 Å². The third-order valence-corrected chi connectivity index (χ3v) is 8.58. The first-order valence-electron chi connectivity index (χ1n) is 12.1. The molecule has 1 fully saturated rings. The maximum atomic E-state index is 13.3. The largest absolute Gasteiger partial charge is 0.480 e. The third kappa shape index (κ3) is 3.94. The predicted octanol–water partition coefficient (Wildman–Crippen LogP) is 3.04. The number of aryl methyl sites for hydroxylation is 1. The van der Waals surface area contributed by atoms with Gasteiger partial charge in [0, 0.05) is 41.7 Å². The van der Waals surface area contributed by atoms with Gasteiger partial charge in [-0.05, 0) is 51.4 Å². The first kappa shape index (κ1) is 22.4. The number of fused-ring (bicyclic) bond motifs is 4. The molecule has 1 aliphatic carbocycles. The summed E-state index contributed by atoms with van der Waals surface area (Å²) in [7, 11) is 5.81. The quantitative estimate of drug-likeness (QED) is 0.586. The maximum Gasteiger partial charge on any atom is 0.237 e. The van der Waals surface area contributed by atoms with Crippen molar-refractivity contribution in [3.8, 4) is 5.88 Å². The molecular formula is C25H29N7O2S. The van der Waals surface area contributed by atoms with Gasteiger partial charge in [0.1, 0.15) is 22.7 Å². The first-order valence-corrected chi connectivity index (χ1v) is 12.9. The number of anilines is 2. The lowest BCUT2D eigenvalue weighted by molar-refractivity contribution is -0.134. The van der Waals surface area contributed by atoms with Gasteiger partial charge < -0.3 is 19.9 Å². The van der Waals surface area contributed by atoms with Gasteiger partial charge in [-0.1, -0.05) is 0 Å². The summed E-state index contributed by atoms with van der Waals surface area (Å²) >= 11 is 1.69. The van der Waals surface area contributed by atoms with Crippen LogP contribution in [-0.2, 0) is 24.2 Å². The maximum absolute atomic E-state index is 13.3. The van der Waals surface area contributed by atoms with Crippen molar-refractivity contribution in [1.82, 2.24) is 24.8 Å². The molecule has 0 aromatic carbocycles. The number of nitrogens with one attached hydrogen (secondary N) is 1. The number of ether oxygens (including phenoxy) is 1. The molecule has 2 atom stereocenters. The molecule has 0 bridgehead atoms. The number of carbonyl (C=O) groups excluding carboxylic acids is 1. The smallest absolute Gasteiger partial charge is 0.237 e. The van der Waals surface area contributed by atoms with Crippen molar-refractivity contribution in [2.45, 2.75) is 38.3 Å². The molecule has 6 rings (SSSR count). The Bertz CT molecular complexity index is 1340. The Labute approximate surface area is 208 Å². The van der Waals surface area contributed by atoms with Crippen LogP contribution >= 0.6 is 11.3 Å². The van der Waals surface area contributed by atoms with Gasteiger partial charge in [-0.15, -0.1) is 11.3 Å². The van der Waals surface area contributed by atoms with E-state index in [1.165, 1.54) is 10.4 Å². The van der Waals surface area contributed by atoms with Crippen LogP contribution in [0, 0.1) is 5.92 Å². The van der Waals surface area contributed by atoms with Crippen molar-refractivity contribution in [2.75, 3.05) is 39.6 Å². The molecule has 0 radical (unpaired) electrons. The minimum Gasteiger partial charge on any atom is -0.480 e. The minimum absolute atomic E-state index is 0.0427. The van der Waals surface area contributed by atoms with Gasteiger partial charge in [-0.25, -0.2) is 15.0 Å². The molecule has 9 nitrogen and oxygen atoms in total. The average Bonchev–Trinajstić information content (AvgIpc) is 3.60. The second kappa shape index (κ2) is 8.83. The normalized spacial score (nSPS) is 21.0. The van der Waals surface area contributed by atoms with Crippen molar-refractivity contribution in [1.29, 1.82) is 0 Å². The van der Waals surface area contributed by atoms with Gasteiger partial charge >= 0.3 is 0 Å². The van der Waals surface area contributed by atoms with E-state index in [0.717, 1.165) is 71.8 Å². The van der Waals surface area contributed by atoms with E-state index in [9.17, 15) is 4.79 Å². The van der Waals surface area contributed by atoms with Crippen LogP contribution in [0.2, 0.25) is 0 Å². The number of likely N-dealkylation sites (tertiary alicyclic amines) is 1. The SMILES string of the molecule is COc1nc2c(cc1Nc1ncnc3sc4c(c13)CC[C@H](C(=O)N1CC[C@@H](N(C)C)C1)C4)C=NC2. The van der Waals surface area contributed by atoms with Crippen LogP contribution in [0.15, 0.2) is 17.4 Å². The molecule has 1 saturated heterocycles. The second-order valence-corrected chi connectivity index (χ2v) is 10.8. The van der Waals surface area contributed by atoms with Gasteiger partial charge in [0.2, 0.25) is 11.8 Å². The van der Waals surface area contributed by atoms with Crippen molar-refractivity contribution in [2.24, 2.45) is 10.9 Å². The van der Waals surface area contributed by atoms with Gasteiger partial charge in [-0.2, -0.15) is 0 Å². The molecule has 0 unspecified atom stereocenters. The second-order valence-electron chi connectivity index (χ2n) is 9.71. The lowest BCUT2D eigenvalue weighted by Crippen LogP contribution is -2.39. The van der Waals surface area contributed by atoms with Crippen LogP contribution in [0.25, 0.3) is 10.2 Å². The van der Waals surface area contributed by atoms with Crippen LogP contribution in [-0.4, -0.2) is 77.2 Å². The van der Waals surface area contributed by atoms with E-state index in [-0.39, 0.29) is 5.92 Å². The fourth-order valence-corrected chi connectivity index (χ4v) is 6.69. The highest BCUT2D eigenvalue weighted by Gasteiger charge is 2.35. The summed E-state index contributed by atoms with van der Waals surface area (Å²) in [5.74, 6) is 1.62. The Morgan fingerprint density at radius 3 is 2.97 bits per heavy atom. The summed E-state index contributed by atoms with van der Waals surface area (Å²) in [6.45, 7) is 2.27. The van der Waals surface area contributed by atoms with Gasteiger partial charge in [0.25, 0.3) is 0 Å². The summed E-state index contributed by atoms with van der Waals surface area (Å²) in [4.78, 5) is 37.9. The molecule has 1 N–H and O–H groups in total. The van der Waals surface area contributed by atoms with Gasteiger partial charge in [-0.3, -0.25) is 9.79 Å². The van der Waals surface area contributed by atoms with E-state index >= 15 is 0 Å².